The van der Waals surface area contributed by atoms with E-state index in [2.05, 4.69) is 4.98 Å². The Balaban J connectivity index is 0.00000512. The monoisotopic (exact) mass is 500 g/mol. The van der Waals surface area contributed by atoms with Crippen LogP contribution < -0.4 is 40.4 Å². The van der Waals surface area contributed by atoms with Crippen LogP contribution in [0.3, 0.4) is 0 Å². The Labute approximate surface area is 207 Å². The molecule has 0 saturated carbocycles. The van der Waals surface area contributed by atoms with Gasteiger partial charge in [0.05, 0.1) is 0 Å². The van der Waals surface area contributed by atoms with Gasteiger partial charge in [-0.3, -0.25) is 23.5 Å². The summed E-state index contributed by atoms with van der Waals surface area (Å²) in [6.45, 7) is 2.03. The summed E-state index contributed by atoms with van der Waals surface area (Å²) in [4.78, 5) is 48.3. The van der Waals surface area contributed by atoms with Crippen LogP contribution in [0.1, 0.15) is 32.1 Å². The Hall–Kier alpha value is -1.75. The van der Waals surface area contributed by atoms with Crippen molar-refractivity contribution in [2.24, 2.45) is 0 Å². The van der Waals surface area contributed by atoms with Crippen molar-refractivity contribution in [3.63, 3.8) is 0 Å². The molecule has 2 heterocycles. The first kappa shape index (κ1) is 28.3. The zero-order chi connectivity index (χ0) is 23.3. The summed E-state index contributed by atoms with van der Waals surface area (Å²) in [5.74, 6) is -2.41. The Morgan fingerprint density at radius 1 is 1.41 bits per heavy atom. The zero-order valence-electron chi connectivity index (χ0n) is 17.1. The molecular weight excluding hydrogens is 483 g/mol. The van der Waals surface area contributed by atoms with E-state index in [4.69, 9.17) is 18.8 Å². The number of aromatic nitrogens is 2. The normalized spacial score (nSPS) is 20.8. The molecular formula is C16H17N2NaO11S2. The summed E-state index contributed by atoms with van der Waals surface area (Å²) >= 11 is 0. The second-order valence-electron chi connectivity index (χ2n) is 6.14. The third kappa shape index (κ3) is 7.99. The molecule has 1 aromatic rings. The van der Waals surface area contributed by atoms with Crippen LogP contribution in [0.15, 0.2) is 17.1 Å². The number of hydrogen-bond donors (Lipinski definition) is 1. The predicted octanol–water partition coefficient (Wildman–Crippen LogP) is -3.82. The van der Waals surface area contributed by atoms with Gasteiger partial charge in [0.15, 0.2) is 0 Å². The number of carbonyl (C=O) groups excluding carboxylic acids is 3. The van der Waals surface area contributed by atoms with Crippen molar-refractivity contribution in [2.45, 2.75) is 38.7 Å². The summed E-state index contributed by atoms with van der Waals surface area (Å²) in [7, 11) is -4.89. The fourth-order valence-corrected chi connectivity index (χ4v) is 4.41. The molecule has 1 N–H and O–H groups in total. The van der Waals surface area contributed by atoms with Crippen LogP contribution in [-0.4, -0.2) is 59.6 Å². The van der Waals surface area contributed by atoms with E-state index >= 15 is 0 Å². The molecule has 0 radical (unpaired) electrons. The van der Waals surface area contributed by atoms with Crippen molar-refractivity contribution in [1.29, 1.82) is 0 Å². The summed E-state index contributed by atoms with van der Waals surface area (Å²) in [5.41, 5.74) is -1.53. The van der Waals surface area contributed by atoms with Crippen molar-refractivity contribution in [1.82, 2.24) is 9.55 Å². The van der Waals surface area contributed by atoms with Crippen LogP contribution in [0.2, 0.25) is 0 Å². The quantitative estimate of drug-likeness (QED) is 0.0913. The number of carbonyl (C=O) groups is 3. The van der Waals surface area contributed by atoms with Gasteiger partial charge in [-0.1, -0.05) is 0 Å². The average Bonchev–Trinajstić information content (AvgIpc) is 3.00. The van der Waals surface area contributed by atoms with Gasteiger partial charge in [-0.25, -0.2) is 9.78 Å². The van der Waals surface area contributed by atoms with Gasteiger partial charge in [0.2, 0.25) is 0 Å². The molecule has 1 fully saturated rings. The number of rotatable bonds is 8. The SMILES string of the molecule is CC(=O)OC[C@H]1O[C@@H](n2cc(/C(=C\C=O)SS(=O)(=O)O)c([O-])nc2=O)C[C@@H]1OC(C)=O.[Na+]. The number of hydrogen-bond acceptors (Lipinski definition) is 12. The minimum absolute atomic E-state index is 0. The molecule has 1 aliphatic rings. The van der Waals surface area contributed by atoms with E-state index in [-0.39, 0.29) is 59.7 Å². The molecule has 0 bridgehead atoms. The van der Waals surface area contributed by atoms with Gasteiger partial charge in [-0.05, 0) is 6.08 Å². The molecule has 0 spiro atoms. The fraction of sp³-hybridized carbons (Fsp3) is 0.438. The van der Waals surface area contributed by atoms with Crippen LogP contribution in [0, 0.1) is 0 Å². The van der Waals surface area contributed by atoms with E-state index in [1.807, 2.05) is 0 Å². The molecule has 0 amide bonds. The summed E-state index contributed by atoms with van der Waals surface area (Å²) < 4.78 is 47.9. The van der Waals surface area contributed by atoms with Crippen molar-refractivity contribution < 1.29 is 76.2 Å². The summed E-state index contributed by atoms with van der Waals surface area (Å²) in [5, 5.41) is 12.1. The minimum atomic E-state index is -4.70. The van der Waals surface area contributed by atoms with Crippen molar-refractivity contribution in [2.75, 3.05) is 6.61 Å². The summed E-state index contributed by atoms with van der Waals surface area (Å²) in [6, 6.07) is 0. The van der Waals surface area contributed by atoms with Crippen molar-refractivity contribution in [3.05, 3.63) is 28.3 Å². The zero-order valence-corrected chi connectivity index (χ0v) is 20.8. The minimum Gasteiger partial charge on any atom is -0.858 e. The first-order valence-electron chi connectivity index (χ1n) is 8.50. The van der Waals surface area contributed by atoms with Crippen LogP contribution >= 0.6 is 10.8 Å². The predicted molar refractivity (Wildman–Crippen MR) is 102 cm³/mol. The molecule has 0 aromatic carbocycles. The Morgan fingerprint density at radius 2 is 2.06 bits per heavy atom. The molecule has 32 heavy (non-hydrogen) atoms. The van der Waals surface area contributed by atoms with E-state index in [0.29, 0.717) is 6.08 Å². The number of ether oxygens (including phenoxy) is 3. The van der Waals surface area contributed by atoms with Gasteiger partial charge in [-0.2, -0.15) is 8.42 Å². The van der Waals surface area contributed by atoms with E-state index < -0.39 is 61.6 Å². The number of aldehydes is 1. The van der Waals surface area contributed by atoms with Gasteiger partial charge in [-0.15, -0.1) is 0 Å². The molecule has 170 valence electrons. The van der Waals surface area contributed by atoms with Crippen LogP contribution in [0.4, 0.5) is 0 Å². The second kappa shape index (κ2) is 11.9. The van der Waals surface area contributed by atoms with Crippen LogP contribution in [0.5, 0.6) is 5.88 Å². The van der Waals surface area contributed by atoms with Gasteiger partial charge >= 0.3 is 56.3 Å². The topological polar surface area (TPSA) is 191 Å². The molecule has 1 aromatic heterocycles. The maximum Gasteiger partial charge on any atom is 1.00 e. The molecule has 16 heteroatoms. The number of allylic oxidation sites excluding steroid dienone is 1. The maximum atomic E-state index is 12.3. The van der Waals surface area contributed by atoms with Gasteiger partial charge in [0.25, 0.3) is 0 Å². The van der Waals surface area contributed by atoms with Gasteiger partial charge < -0.3 is 19.3 Å². The van der Waals surface area contributed by atoms with E-state index in [9.17, 15) is 32.7 Å². The molecule has 1 saturated heterocycles. The molecule has 13 nitrogen and oxygen atoms in total. The van der Waals surface area contributed by atoms with Crippen LogP contribution in [-0.2, 0) is 37.7 Å². The smallest absolute Gasteiger partial charge is 0.858 e. The standard InChI is InChI=1S/C16H18N2O11S2.Na/c1-8(20)27-7-12-11(28-9(2)21)5-14(29-12)18-6-10(15(22)17-16(18)23)13(3-4-19)30-31(24,25)26;/h3-4,6,11-12,14H,5,7H2,1-2H3,(H,17,22,23)(H,24,25,26);/q;+1/p-1/b13-3+;/t11-,12+,14+;/m0./s1. The molecule has 0 unspecified atom stereocenters. The van der Waals surface area contributed by atoms with E-state index in [1.54, 1.807) is 0 Å². The van der Waals surface area contributed by atoms with Crippen molar-refractivity contribution in [3.8, 4) is 5.88 Å². The first-order chi connectivity index (χ1) is 14.4. The fourth-order valence-electron chi connectivity index (χ4n) is 2.73. The number of nitrogens with zero attached hydrogens (tertiary/aromatic N) is 2. The van der Waals surface area contributed by atoms with Crippen molar-refractivity contribution >= 4 is 43.1 Å². The first-order valence-corrected chi connectivity index (χ1v) is 11.3. The third-order valence-electron chi connectivity index (χ3n) is 3.86. The average molecular weight is 500 g/mol. The Bertz CT molecular complexity index is 1070. The molecule has 0 aliphatic carbocycles. The summed E-state index contributed by atoms with van der Waals surface area (Å²) in [6.07, 6.45) is -1.25. The Morgan fingerprint density at radius 3 is 2.59 bits per heavy atom. The Kier molecular flexibility index (Phi) is 10.5. The molecule has 2 rings (SSSR count). The largest absolute Gasteiger partial charge is 1.00 e. The van der Waals surface area contributed by atoms with Gasteiger partial charge in [0, 0.05) is 53.6 Å². The van der Waals surface area contributed by atoms with Gasteiger partial charge in [0.1, 0.15) is 31.3 Å². The third-order valence-corrected chi connectivity index (χ3v) is 5.77. The second-order valence-corrected chi connectivity index (χ2v) is 9.37. The van der Waals surface area contributed by atoms with E-state index in [0.717, 1.165) is 24.6 Å². The molecule has 3 atom stereocenters. The van der Waals surface area contributed by atoms with Crippen LogP contribution in [0.25, 0.3) is 4.91 Å². The van der Waals surface area contributed by atoms with E-state index in [1.165, 1.54) is 0 Å². The molecule has 1 aliphatic heterocycles. The number of esters is 2. The maximum absolute atomic E-state index is 12.3.